The van der Waals surface area contributed by atoms with Crippen LogP contribution in [0.3, 0.4) is 0 Å². The van der Waals surface area contributed by atoms with Crippen molar-refractivity contribution in [2.75, 3.05) is 20.0 Å². The van der Waals surface area contributed by atoms with E-state index < -0.39 is 0 Å². The highest BCUT2D eigenvalue weighted by molar-refractivity contribution is 5.73. The van der Waals surface area contributed by atoms with E-state index in [2.05, 4.69) is 10.1 Å². The van der Waals surface area contributed by atoms with Gasteiger partial charge in [-0.15, -0.1) is 5.10 Å². The summed E-state index contributed by atoms with van der Waals surface area (Å²) in [5.41, 5.74) is 8.68. The minimum absolute atomic E-state index is 0.481. The van der Waals surface area contributed by atoms with Crippen LogP contribution in [0.2, 0.25) is 0 Å². The van der Waals surface area contributed by atoms with Gasteiger partial charge < -0.3 is 19.6 Å². The highest BCUT2D eigenvalue weighted by Crippen LogP contribution is 2.33. The lowest BCUT2D eigenvalue weighted by Gasteiger charge is -2.10. The number of ether oxygens (including phenoxy) is 2. The number of nitrogens with two attached hydrogens (primary N) is 1. The third kappa shape index (κ3) is 2.63. The van der Waals surface area contributed by atoms with Crippen molar-refractivity contribution >= 4 is 11.5 Å². The average Bonchev–Trinajstić information content (AvgIpc) is 3.27. The van der Waals surface area contributed by atoms with Gasteiger partial charge in [-0.1, -0.05) is 6.07 Å². The van der Waals surface area contributed by atoms with Gasteiger partial charge in [0.1, 0.15) is 11.6 Å². The number of nitrogen functional groups attached to an aromatic ring is 1. The summed E-state index contributed by atoms with van der Waals surface area (Å²) in [7, 11) is 3.21. The van der Waals surface area contributed by atoms with Gasteiger partial charge >= 0.3 is 0 Å². The number of hydrogen-bond donors (Lipinski definition) is 1. The Hall–Kier alpha value is -3.48. The zero-order chi connectivity index (χ0) is 18.3. The molecule has 3 aromatic heterocycles. The molecule has 0 aliphatic carbocycles. The molecule has 132 valence electrons. The fourth-order valence-corrected chi connectivity index (χ4v) is 2.85. The number of fused-ring (bicyclic) bond motifs is 1. The zero-order valence-corrected chi connectivity index (χ0v) is 14.7. The molecule has 0 fully saturated rings. The maximum Gasteiger partial charge on any atom is 0.217 e. The summed E-state index contributed by atoms with van der Waals surface area (Å²) in [6.07, 6.45) is 0. The number of aryl methyl sites for hydroxylation is 1. The summed E-state index contributed by atoms with van der Waals surface area (Å²) in [6.45, 7) is 1.88. The number of aromatic nitrogens is 3. The number of methoxy groups -OCH3 is 2. The number of anilines is 1. The molecule has 4 aromatic rings. The minimum Gasteiger partial charge on any atom is -0.493 e. The van der Waals surface area contributed by atoms with Crippen molar-refractivity contribution < 1.29 is 13.9 Å². The van der Waals surface area contributed by atoms with Gasteiger partial charge in [0.25, 0.3) is 0 Å². The van der Waals surface area contributed by atoms with Gasteiger partial charge in [0, 0.05) is 0 Å². The Morgan fingerprint density at radius 2 is 1.77 bits per heavy atom. The largest absolute Gasteiger partial charge is 0.493 e. The molecule has 1 aromatic carbocycles. The van der Waals surface area contributed by atoms with Crippen molar-refractivity contribution in [2.45, 2.75) is 6.92 Å². The topological polar surface area (TPSA) is 87.8 Å². The molecule has 3 heterocycles. The van der Waals surface area contributed by atoms with Crippen molar-refractivity contribution in [3.8, 4) is 34.2 Å². The molecule has 4 rings (SSSR count). The SMILES string of the molecule is COc1ccc(-c2cc(N)n3nc(-c4ccc(C)o4)nc3c2)cc1OC. The molecule has 0 saturated carbocycles. The van der Waals surface area contributed by atoms with Crippen molar-refractivity contribution in [2.24, 2.45) is 0 Å². The monoisotopic (exact) mass is 350 g/mol. The van der Waals surface area contributed by atoms with Crippen LogP contribution >= 0.6 is 0 Å². The van der Waals surface area contributed by atoms with Crippen LogP contribution in [0, 0.1) is 6.92 Å². The summed E-state index contributed by atoms with van der Waals surface area (Å²) < 4.78 is 17.9. The fraction of sp³-hybridized carbons (Fsp3) is 0.158. The van der Waals surface area contributed by atoms with E-state index in [0.717, 1.165) is 16.9 Å². The molecule has 0 amide bonds. The van der Waals surface area contributed by atoms with Crippen LogP contribution in [-0.2, 0) is 0 Å². The molecule has 7 heteroatoms. The van der Waals surface area contributed by atoms with E-state index in [1.807, 2.05) is 49.4 Å². The van der Waals surface area contributed by atoms with Crippen LogP contribution in [0.25, 0.3) is 28.4 Å². The van der Waals surface area contributed by atoms with E-state index in [-0.39, 0.29) is 0 Å². The van der Waals surface area contributed by atoms with Gasteiger partial charge in [0.15, 0.2) is 22.9 Å². The molecule has 0 bridgehead atoms. The molecule has 0 radical (unpaired) electrons. The van der Waals surface area contributed by atoms with Crippen molar-refractivity contribution in [3.05, 3.63) is 48.2 Å². The molecular weight excluding hydrogens is 332 g/mol. The zero-order valence-electron chi connectivity index (χ0n) is 14.7. The van der Waals surface area contributed by atoms with Gasteiger partial charge in [-0.3, -0.25) is 0 Å². The molecule has 7 nitrogen and oxygen atoms in total. The third-order valence-electron chi connectivity index (χ3n) is 4.14. The number of rotatable bonds is 4. The first-order valence-corrected chi connectivity index (χ1v) is 8.04. The van der Waals surface area contributed by atoms with Gasteiger partial charge in [0.2, 0.25) is 5.82 Å². The Morgan fingerprint density at radius 3 is 2.46 bits per heavy atom. The lowest BCUT2D eigenvalue weighted by atomic mass is 10.1. The Kier molecular flexibility index (Phi) is 3.76. The number of hydrogen-bond acceptors (Lipinski definition) is 6. The summed E-state index contributed by atoms with van der Waals surface area (Å²) in [6, 6.07) is 13.2. The Balaban J connectivity index is 1.82. The normalized spacial score (nSPS) is 11.0. The Morgan fingerprint density at radius 1 is 0.962 bits per heavy atom. The van der Waals surface area contributed by atoms with E-state index in [4.69, 9.17) is 19.6 Å². The summed E-state index contributed by atoms with van der Waals surface area (Å²) in [5, 5.41) is 4.43. The second-order valence-corrected chi connectivity index (χ2v) is 5.85. The molecule has 0 aliphatic rings. The van der Waals surface area contributed by atoms with Crippen LogP contribution in [0.1, 0.15) is 5.76 Å². The average molecular weight is 350 g/mol. The van der Waals surface area contributed by atoms with Crippen LogP contribution in [0.15, 0.2) is 46.9 Å². The van der Waals surface area contributed by atoms with Gasteiger partial charge in [-0.05, 0) is 54.4 Å². The molecule has 26 heavy (non-hydrogen) atoms. The molecule has 0 unspecified atom stereocenters. The standard InChI is InChI=1S/C19H18N4O3/c1-11-4-6-15(26-11)19-21-18-10-13(9-17(20)23(18)22-19)12-5-7-14(24-2)16(8-12)25-3/h4-10H,20H2,1-3H3. The maximum absolute atomic E-state index is 6.19. The van der Waals surface area contributed by atoms with Crippen molar-refractivity contribution in [3.63, 3.8) is 0 Å². The predicted molar refractivity (Wildman–Crippen MR) is 98.4 cm³/mol. The molecular formula is C19H18N4O3. The van der Waals surface area contributed by atoms with E-state index >= 15 is 0 Å². The highest BCUT2D eigenvalue weighted by Gasteiger charge is 2.14. The van der Waals surface area contributed by atoms with Gasteiger partial charge in [-0.2, -0.15) is 4.52 Å². The number of nitrogens with zero attached hydrogens (tertiary/aromatic N) is 3. The molecule has 0 spiro atoms. The lowest BCUT2D eigenvalue weighted by Crippen LogP contribution is -1.99. The second-order valence-electron chi connectivity index (χ2n) is 5.85. The molecule has 0 atom stereocenters. The number of furan rings is 1. The first-order valence-electron chi connectivity index (χ1n) is 8.04. The maximum atomic E-state index is 6.19. The van der Waals surface area contributed by atoms with Crippen LogP contribution in [0.4, 0.5) is 5.82 Å². The van der Waals surface area contributed by atoms with Gasteiger partial charge in [0.05, 0.1) is 14.2 Å². The van der Waals surface area contributed by atoms with Crippen LogP contribution in [-0.4, -0.2) is 28.8 Å². The third-order valence-corrected chi connectivity index (χ3v) is 4.14. The minimum atomic E-state index is 0.481. The number of pyridine rings is 1. The highest BCUT2D eigenvalue weighted by atomic mass is 16.5. The second kappa shape index (κ2) is 6.11. The molecule has 0 aliphatic heterocycles. The van der Waals surface area contributed by atoms with Crippen LogP contribution in [0.5, 0.6) is 11.5 Å². The van der Waals surface area contributed by atoms with Crippen molar-refractivity contribution in [1.29, 1.82) is 0 Å². The summed E-state index contributed by atoms with van der Waals surface area (Å²) in [5.74, 6) is 3.71. The fourth-order valence-electron chi connectivity index (χ4n) is 2.85. The van der Waals surface area contributed by atoms with E-state index in [0.29, 0.717) is 34.5 Å². The van der Waals surface area contributed by atoms with E-state index in [9.17, 15) is 0 Å². The van der Waals surface area contributed by atoms with Crippen LogP contribution < -0.4 is 15.2 Å². The Bertz CT molecular complexity index is 1100. The molecule has 0 saturated heterocycles. The lowest BCUT2D eigenvalue weighted by molar-refractivity contribution is 0.355. The predicted octanol–water partition coefficient (Wildman–Crippen LogP) is 3.56. The first kappa shape index (κ1) is 16.0. The first-order chi connectivity index (χ1) is 12.6. The van der Waals surface area contributed by atoms with Gasteiger partial charge in [-0.25, -0.2) is 4.98 Å². The summed E-state index contributed by atoms with van der Waals surface area (Å²) >= 11 is 0. The van der Waals surface area contributed by atoms with E-state index in [1.165, 1.54) is 0 Å². The quantitative estimate of drug-likeness (QED) is 0.605. The van der Waals surface area contributed by atoms with E-state index in [1.54, 1.807) is 18.7 Å². The molecule has 2 N–H and O–H groups in total. The summed E-state index contributed by atoms with van der Waals surface area (Å²) in [4.78, 5) is 4.54. The smallest absolute Gasteiger partial charge is 0.217 e. The number of benzene rings is 1. The Labute approximate surface area is 150 Å². The van der Waals surface area contributed by atoms with Crippen molar-refractivity contribution in [1.82, 2.24) is 14.6 Å².